The highest BCUT2D eigenvalue weighted by atomic mass is 35.5. The van der Waals surface area contributed by atoms with Crippen molar-refractivity contribution in [3.8, 4) is 10.6 Å². The van der Waals surface area contributed by atoms with Crippen LogP contribution in [0.4, 0.5) is 0 Å². The van der Waals surface area contributed by atoms with Crippen LogP contribution < -0.4 is 10.6 Å². The molecular formula is C17H22Cl3N3OS. The average Bonchev–Trinajstić information content (AvgIpc) is 2.96. The van der Waals surface area contributed by atoms with Gasteiger partial charge in [-0.15, -0.1) is 36.2 Å². The first-order valence-electron chi connectivity index (χ1n) is 7.86. The van der Waals surface area contributed by atoms with Crippen molar-refractivity contribution in [2.45, 2.75) is 19.8 Å². The molecule has 0 bridgehead atoms. The summed E-state index contributed by atoms with van der Waals surface area (Å²) in [6.45, 7) is 4.67. The molecule has 1 saturated heterocycles. The minimum atomic E-state index is -0.0224. The van der Waals surface area contributed by atoms with Gasteiger partial charge in [-0.3, -0.25) is 4.79 Å². The average molecular weight is 423 g/mol. The molecule has 1 amide bonds. The van der Waals surface area contributed by atoms with Gasteiger partial charge in [0.05, 0.1) is 5.69 Å². The number of thiazole rings is 1. The fourth-order valence-electron chi connectivity index (χ4n) is 2.74. The maximum Gasteiger partial charge on any atom is 0.263 e. The molecule has 25 heavy (non-hydrogen) atoms. The third kappa shape index (κ3) is 5.83. The van der Waals surface area contributed by atoms with E-state index < -0.39 is 0 Å². The number of carbonyl (C=O) groups is 1. The van der Waals surface area contributed by atoms with Crippen LogP contribution in [0.2, 0.25) is 5.02 Å². The Balaban J connectivity index is 0.00000156. The summed E-state index contributed by atoms with van der Waals surface area (Å²) in [5.74, 6) is 0.502. The van der Waals surface area contributed by atoms with Crippen molar-refractivity contribution in [1.29, 1.82) is 0 Å². The SMILES string of the molecule is Cc1nc(-c2ccc(Cl)cc2)sc1C(=O)NCC1CCCNC1.Cl.Cl. The lowest BCUT2D eigenvalue weighted by Gasteiger charge is -2.22. The maximum absolute atomic E-state index is 12.4. The molecule has 4 nitrogen and oxygen atoms in total. The summed E-state index contributed by atoms with van der Waals surface area (Å²) in [5.41, 5.74) is 1.76. The normalized spacial score (nSPS) is 16.5. The number of piperidine rings is 1. The lowest BCUT2D eigenvalue weighted by atomic mass is 10.00. The van der Waals surface area contributed by atoms with Crippen molar-refractivity contribution >= 4 is 53.7 Å². The van der Waals surface area contributed by atoms with Crippen LogP contribution in [0.1, 0.15) is 28.2 Å². The van der Waals surface area contributed by atoms with E-state index in [0.29, 0.717) is 15.8 Å². The molecule has 2 heterocycles. The van der Waals surface area contributed by atoms with Crippen LogP contribution in [0.3, 0.4) is 0 Å². The van der Waals surface area contributed by atoms with Crippen LogP contribution in [0.5, 0.6) is 0 Å². The van der Waals surface area contributed by atoms with E-state index in [4.69, 9.17) is 11.6 Å². The van der Waals surface area contributed by atoms with Gasteiger partial charge in [0.25, 0.3) is 5.91 Å². The van der Waals surface area contributed by atoms with E-state index in [1.165, 1.54) is 24.2 Å². The molecular weight excluding hydrogens is 401 g/mol. The van der Waals surface area contributed by atoms with E-state index in [2.05, 4.69) is 15.6 Å². The van der Waals surface area contributed by atoms with Gasteiger partial charge in [-0.05, 0) is 50.9 Å². The van der Waals surface area contributed by atoms with Gasteiger partial charge in [-0.1, -0.05) is 23.7 Å². The smallest absolute Gasteiger partial charge is 0.263 e. The summed E-state index contributed by atoms with van der Waals surface area (Å²) in [7, 11) is 0. The molecule has 2 aromatic rings. The van der Waals surface area contributed by atoms with Gasteiger partial charge in [-0.25, -0.2) is 4.98 Å². The van der Waals surface area contributed by atoms with E-state index in [-0.39, 0.29) is 30.7 Å². The topological polar surface area (TPSA) is 54.0 Å². The molecule has 0 saturated carbocycles. The zero-order valence-electron chi connectivity index (χ0n) is 13.9. The van der Waals surface area contributed by atoms with Crippen molar-refractivity contribution in [3.05, 3.63) is 39.9 Å². The number of carbonyl (C=O) groups excluding carboxylic acids is 1. The molecule has 1 unspecified atom stereocenters. The highest BCUT2D eigenvalue weighted by Gasteiger charge is 2.18. The van der Waals surface area contributed by atoms with Crippen LogP contribution in [0, 0.1) is 12.8 Å². The molecule has 0 radical (unpaired) electrons. The lowest BCUT2D eigenvalue weighted by molar-refractivity contribution is 0.0948. The molecule has 1 fully saturated rings. The van der Waals surface area contributed by atoms with Gasteiger partial charge < -0.3 is 10.6 Å². The summed E-state index contributed by atoms with van der Waals surface area (Å²) < 4.78 is 0. The third-order valence-corrected chi connectivity index (χ3v) is 5.50. The Bertz CT molecular complexity index is 685. The molecule has 1 aliphatic heterocycles. The Morgan fingerprint density at radius 3 is 2.72 bits per heavy atom. The quantitative estimate of drug-likeness (QED) is 0.770. The highest BCUT2D eigenvalue weighted by Crippen LogP contribution is 2.28. The van der Waals surface area contributed by atoms with Crippen molar-refractivity contribution in [2.24, 2.45) is 5.92 Å². The van der Waals surface area contributed by atoms with E-state index in [1.54, 1.807) is 0 Å². The summed E-state index contributed by atoms with van der Waals surface area (Å²) >= 11 is 7.35. The number of amides is 1. The molecule has 1 aromatic heterocycles. The molecule has 1 aromatic carbocycles. The second-order valence-corrected chi connectivity index (χ2v) is 7.30. The predicted octanol–water partition coefficient (Wildman–Crippen LogP) is 4.34. The minimum absolute atomic E-state index is 0. The number of hydrogen-bond acceptors (Lipinski definition) is 4. The largest absolute Gasteiger partial charge is 0.351 e. The van der Waals surface area contributed by atoms with Crippen molar-refractivity contribution in [2.75, 3.05) is 19.6 Å². The van der Waals surface area contributed by atoms with Gasteiger partial charge >= 0.3 is 0 Å². The third-order valence-electron chi connectivity index (χ3n) is 4.04. The Morgan fingerprint density at radius 1 is 1.36 bits per heavy atom. The molecule has 0 spiro atoms. The van der Waals surface area contributed by atoms with Gasteiger partial charge in [0, 0.05) is 17.1 Å². The molecule has 1 atom stereocenters. The second-order valence-electron chi connectivity index (χ2n) is 5.86. The highest BCUT2D eigenvalue weighted by molar-refractivity contribution is 7.17. The number of benzene rings is 1. The van der Waals surface area contributed by atoms with Crippen molar-refractivity contribution in [1.82, 2.24) is 15.6 Å². The number of aryl methyl sites for hydroxylation is 1. The molecule has 2 N–H and O–H groups in total. The van der Waals surface area contributed by atoms with Crippen molar-refractivity contribution < 1.29 is 4.79 Å². The monoisotopic (exact) mass is 421 g/mol. The zero-order chi connectivity index (χ0) is 16.2. The summed E-state index contributed by atoms with van der Waals surface area (Å²) in [4.78, 5) is 17.6. The number of aromatic nitrogens is 1. The number of nitrogens with zero attached hydrogens (tertiary/aromatic N) is 1. The number of halogens is 3. The molecule has 3 rings (SSSR count). The van der Waals surface area contributed by atoms with E-state index in [1.807, 2.05) is 31.2 Å². The Morgan fingerprint density at radius 2 is 2.08 bits per heavy atom. The Labute approximate surface area is 169 Å². The first-order valence-corrected chi connectivity index (χ1v) is 9.05. The van der Waals surface area contributed by atoms with Gasteiger partial charge in [-0.2, -0.15) is 0 Å². The minimum Gasteiger partial charge on any atom is -0.351 e. The molecule has 1 aliphatic rings. The fourth-order valence-corrected chi connectivity index (χ4v) is 3.85. The van der Waals surface area contributed by atoms with Crippen LogP contribution in [-0.4, -0.2) is 30.5 Å². The summed E-state index contributed by atoms with van der Waals surface area (Å²) in [6.07, 6.45) is 2.35. The number of hydrogen-bond donors (Lipinski definition) is 2. The van der Waals surface area contributed by atoms with Gasteiger partial charge in [0.15, 0.2) is 0 Å². The van der Waals surface area contributed by atoms with E-state index >= 15 is 0 Å². The number of nitrogens with one attached hydrogen (secondary N) is 2. The van der Waals surface area contributed by atoms with E-state index in [0.717, 1.165) is 35.9 Å². The summed E-state index contributed by atoms with van der Waals surface area (Å²) in [5, 5.41) is 7.97. The van der Waals surface area contributed by atoms with Crippen molar-refractivity contribution in [3.63, 3.8) is 0 Å². The zero-order valence-corrected chi connectivity index (χ0v) is 17.1. The van der Waals surface area contributed by atoms with Crippen LogP contribution in [-0.2, 0) is 0 Å². The first kappa shape index (κ1) is 22.2. The lowest BCUT2D eigenvalue weighted by Crippen LogP contribution is -2.38. The molecule has 138 valence electrons. The predicted molar refractivity (Wildman–Crippen MR) is 110 cm³/mol. The van der Waals surface area contributed by atoms with Gasteiger partial charge in [0.1, 0.15) is 9.88 Å². The van der Waals surface area contributed by atoms with Crippen LogP contribution in [0.15, 0.2) is 24.3 Å². The first-order chi connectivity index (χ1) is 11.1. The summed E-state index contributed by atoms with van der Waals surface area (Å²) in [6, 6.07) is 7.53. The van der Waals surface area contributed by atoms with Crippen LogP contribution in [0.25, 0.3) is 10.6 Å². The van der Waals surface area contributed by atoms with Gasteiger partial charge in [0.2, 0.25) is 0 Å². The Hall–Kier alpha value is -0.850. The second kappa shape index (κ2) is 10.3. The Kier molecular flexibility index (Phi) is 9.17. The van der Waals surface area contributed by atoms with E-state index in [9.17, 15) is 4.79 Å². The fraction of sp³-hybridized carbons (Fsp3) is 0.412. The molecule has 0 aliphatic carbocycles. The molecule has 8 heteroatoms. The number of rotatable bonds is 4. The van der Waals surface area contributed by atoms with Crippen LogP contribution >= 0.6 is 47.8 Å². The maximum atomic E-state index is 12.4. The standard InChI is InChI=1S/C17H20ClN3OS.2ClH/c1-11-15(16(22)20-10-12-3-2-8-19-9-12)23-17(21-11)13-4-6-14(18)7-5-13;;/h4-7,12,19H,2-3,8-10H2,1H3,(H,20,22);2*1H.